The maximum atomic E-state index is 5.60. The van der Waals surface area contributed by atoms with Crippen LogP contribution in [0.4, 0.5) is 11.6 Å². The lowest BCUT2D eigenvalue weighted by molar-refractivity contribution is 1.16. The van der Waals surface area contributed by atoms with E-state index < -0.39 is 0 Å². The van der Waals surface area contributed by atoms with Gasteiger partial charge in [0.15, 0.2) is 0 Å². The van der Waals surface area contributed by atoms with Crippen LogP contribution < -0.4 is 21.2 Å². The first kappa shape index (κ1) is 29.5. The van der Waals surface area contributed by atoms with E-state index in [-0.39, 0.29) is 6.85 Å². The molecule has 0 unspecified atom stereocenters. The summed E-state index contributed by atoms with van der Waals surface area (Å²) in [4.78, 5) is 13.6. The Bertz CT molecular complexity index is 3070. The lowest BCUT2D eigenvalue weighted by atomic mass is 9.43. The quantitative estimate of drug-likeness (QED) is 0.175. The number of thiophene rings is 1. The molecule has 0 atom stereocenters. The summed E-state index contributed by atoms with van der Waals surface area (Å²) in [6.45, 7) is -0.193. The number of anilines is 2. The first-order chi connectivity index (χ1) is 25.7. The molecule has 1 aliphatic rings. The summed E-state index contributed by atoms with van der Waals surface area (Å²) in [6.07, 6.45) is 0. The molecule has 0 spiro atoms. The van der Waals surface area contributed by atoms with E-state index in [4.69, 9.17) is 9.97 Å². The van der Waals surface area contributed by atoms with Gasteiger partial charge >= 0.3 is 6.85 Å². The third-order valence-corrected chi connectivity index (χ3v) is 12.1. The van der Waals surface area contributed by atoms with Crippen LogP contribution in [-0.4, -0.2) is 24.7 Å². The number of benzene rings is 8. The lowest BCUT2D eigenvalue weighted by Crippen LogP contribution is -2.61. The van der Waals surface area contributed by atoms with Gasteiger partial charge in [-0.15, -0.1) is 11.3 Å². The number of para-hydroxylation sites is 1. The molecule has 3 heterocycles. The largest absolute Gasteiger partial charge is 0.345 e. The minimum absolute atomic E-state index is 0.193. The first-order valence-corrected chi connectivity index (χ1v) is 18.6. The SMILES string of the molecule is Bc1ccccc1B1c2ccc3ccccc3c2-c2c(c3c4ccccc4sc3c3ccccc23)N1c1nc(-c2ccccc2)c2ccccc2n1. The molecule has 240 valence electrons. The highest BCUT2D eigenvalue weighted by Crippen LogP contribution is 2.54. The number of fused-ring (bicyclic) bond motifs is 13. The summed E-state index contributed by atoms with van der Waals surface area (Å²) < 4.78 is 2.56. The Balaban J connectivity index is 1.39. The molecular formula is C46H29B2N3S. The molecule has 1 aliphatic heterocycles. The highest BCUT2D eigenvalue weighted by atomic mass is 32.1. The Hall–Kier alpha value is -6.23. The van der Waals surface area contributed by atoms with Gasteiger partial charge in [0.25, 0.3) is 0 Å². The molecule has 0 saturated heterocycles. The Morgan fingerprint density at radius 2 is 1.19 bits per heavy atom. The number of aromatic nitrogens is 2. The predicted molar refractivity (Wildman–Crippen MR) is 227 cm³/mol. The molecule has 0 saturated carbocycles. The van der Waals surface area contributed by atoms with Crippen LogP contribution in [0.25, 0.3) is 75.0 Å². The molecular weight excluding hydrogens is 648 g/mol. The van der Waals surface area contributed by atoms with Gasteiger partial charge in [-0.05, 0) is 39.3 Å². The molecule has 0 aliphatic carbocycles. The van der Waals surface area contributed by atoms with E-state index in [2.05, 4.69) is 176 Å². The molecule has 3 nitrogen and oxygen atoms in total. The van der Waals surface area contributed by atoms with Crippen molar-refractivity contribution in [1.29, 1.82) is 0 Å². The maximum absolute atomic E-state index is 5.60. The molecule has 2 aromatic heterocycles. The molecule has 11 rings (SSSR count). The normalized spacial score (nSPS) is 12.6. The van der Waals surface area contributed by atoms with Gasteiger partial charge in [0, 0.05) is 47.8 Å². The van der Waals surface area contributed by atoms with E-state index in [1.807, 2.05) is 11.3 Å². The van der Waals surface area contributed by atoms with Crippen molar-refractivity contribution in [3.63, 3.8) is 0 Å². The summed E-state index contributed by atoms with van der Waals surface area (Å²) in [7, 11) is 2.23. The molecule has 52 heavy (non-hydrogen) atoms. The summed E-state index contributed by atoms with van der Waals surface area (Å²) in [6, 6.07) is 59.2. The van der Waals surface area contributed by atoms with Gasteiger partial charge in [0.2, 0.25) is 5.95 Å². The zero-order valence-corrected chi connectivity index (χ0v) is 29.2. The molecule has 0 amide bonds. The van der Waals surface area contributed by atoms with E-state index >= 15 is 0 Å². The fourth-order valence-electron chi connectivity index (χ4n) is 8.58. The van der Waals surface area contributed by atoms with E-state index in [1.165, 1.54) is 69.2 Å². The second kappa shape index (κ2) is 11.4. The smallest absolute Gasteiger partial charge is 0.331 e. The van der Waals surface area contributed by atoms with Gasteiger partial charge in [-0.3, -0.25) is 0 Å². The van der Waals surface area contributed by atoms with Crippen molar-refractivity contribution in [3.8, 4) is 22.4 Å². The van der Waals surface area contributed by atoms with Crippen molar-refractivity contribution in [2.75, 3.05) is 4.81 Å². The van der Waals surface area contributed by atoms with Gasteiger partial charge in [-0.25, -0.2) is 9.97 Å². The standard InChI is InChI=1S/C46H29B2N3S/c47-35-22-10-11-23-36(35)48-37-27-26-28-14-4-5-17-30(28)40(37)41-31-18-6-7-19-32(31)45-42(34-21-9-13-25-39(34)52-45)44(41)51(48)46-49-38-24-12-8-20-33(38)43(50-46)29-15-2-1-3-16-29/h1-27H,47H2. The lowest BCUT2D eigenvalue weighted by Gasteiger charge is -2.40. The number of rotatable bonds is 3. The van der Waals surface area contributed by atoms with Crippen LogP contribution in [0.3, 0.4) is 0 Å². The van der Waals surface area contributed by atoms with Gasteiger partial charge in [0.05, 0.1) is 11.2 Å². The second-order valence-corrected chi connectivity index (χ2v) is 14.8. The summed E-state index contributed by atoms with van der Waals surface area (Å²) in [5, 5.41) is 8.56. The fourth-order valence-corrected chi connectivity index (χ4v) is 9.83. The molecule has 10 aromatic rings. The minimum atomic E-state index is -0.193. The minimum Gasteiger partial charge on any atom is -0.345 e. The van der Waals surface area contributed by atoms with Crippen molar-refractivity contribution in [1.82, 2.24) is 9.97 Å². The molecule has 0 fully saturated rings. The average molecular weight is 677 g/mol. The van der Waals surface area contributed by atoms with E-state index in [1.54, 1.807) is 0 Å². The fraction of sp³-hybridized carbons (Fsp3) is 0. The Labute approximate surface area is 306 Å². The summed E-state index contributed by atoms with van der Waals surface area (Å²) >= 11 is 1.88. The first-order valence-electron chi connectivity index (χ1n) is 17.8. The van der Waals surface area contributed by atoms with Crippen molar-refractivity contribution < 1.29 is 0 Å². The van der Waals surface area contributed by atoms with Crippen LogP contribution in [0, 0.1) is 0 Å². The van der Waals surface area contributed by atoms with E-state index in [9.17, 15) is 0 Å². The molecule has 8 aromatic carbocycles. The topological polar surface area (TPSA) is 29.0 Å². The third kappa shape index (κ3) is 4.22. The molecule has 0 bridgehead atoms. The second-order valence-electron chi connectivity index (χ2n) is 13.7. The van der Waals surface area contributed by atoms with E-state index in [0.29, 0.717) is 5.95 Å². The Kier molecular flexibility index (Phi) is 6.46. The molecule has 0 radical (unpaired) electrons. The maximum Gasteiger partial charge on any atom is 0.331 e. The van der Waals surface area contributed by atoms with Crippen molar-refractivity contribution >= 4 is 107 Å². The number of hydrogen-bond acceptors (Lipinski definition) is 4. The third-order valence-electron chi connectivity index (χ3n) is 10.9. The van der Waals surface area contributed by atoms with Gasteiger partial charge in [0.1, 0.15) is 7.85 Å². The van der Waals surface area contributed by atoms with Crippen LogP contribution >= 0.6 is 11.3 Å². The molecule has 6 heteroatoms. The van der Waals surface area contributed by atoms with Gasteiger partial charge < -0.3 is 4.81 Å². The highest BCUT2D eigenvalue weighted by molar-refractivity contribution is 7.27. The number of nitrogens with zero attached hydrogens (tertiary/aromatic N) is 3. The molecule has 0 N–H and O–H groups in total. The Morgan fingerprint density at radius 3 is 2.04 bits per heavy atom. The predicted octanol–water partition coefficient (Wildman–Crippen LogP) is 9.15. The van der Waals surface area contributed by atoms with Crippen molar-refractivity contribution in [2.45, 2.75) is 0 Å². The zero-order valence-electron chi connectivity index (χ0n) is 28.4. The number of hydrogen-bond donors (Lipinski definition) is 0. The van der Waals surface area contributed by atoms with Crippen LogP contribution in [0.2, 0.25) is 0 Å². The summed E-state index contributed by atoms with van der Waals surface area (Å²) in [5.74, 6) is 0.692. The van der Waals surface area contributed by atoms with Crippen LogP contribution in [-0.2, 0) is 0 Å². The zero-order chi connectivity index (χ0) is 34.3. The highest BCUT2D eigenvalue weighted by Gasteiger charge is 2.42. The van der Waals surface area contributed by atoms with Crippen LogP contribution in [0.15, 0.2) is 164 Å². The van der Waals surface area contributed by atoms with Crippen molar-refractivity contribution in [2.24, 2.45) is 0 Å². The van der Waals surface area contributed by atoms with Crippen LogP contribution in [0.5, 0.6) is 0 Å². The Morgan fingerprint density at radius 1 is 0.519 bits per heavy atom. The van der Waals surface area contributed by atoms with Gasteiger partial charge in [-0.1, -0.05) is 163 Å². The van der Waals surface area contributed by atoms with E-state index in [0.717, 1.165) is 27.8 Å². The van der Waals surface area contributed by atoms with Crippen molar-refractivity contribution in [3.05, 3.63) is 164 Å². The van der Waals surface area contributed by atoms with Crippen LogP contribution in [0.1, 0.15) is 0 Å². The monoisotopic (exact) mass is 677 g/mol. The average Bonchev–Trinajstić information content (AvgIpc) is 3.60. The van der Waals surface area contributed by atoms with Gasteiger partial charge in [-0.2, -0.15) is 0 Å². The summed E-state index contributed by atoms with van der Waals surface area (Å²) in [5.41, 5.74) is 10.3.